The number of hydrogen-bond acceptors (Lipinski definition) is 4. The molecule has 0 fully saturated rings. The quantitative estimate of drug-likeness (QED) is 0.561. The van der Waals surface area contributed by atoms with Crippen LogP contribution < -0.4 is 5.32 Å². The monoisotopic (exact) mass is 251 g/mol. The Balaban J connectivity index is 3.27. The van der Waals surface area contributed by atoms with Gasteiger partial charge < -0.3 is 10.1 Å². The fourth-order valence-electron chi connectivity index (χ4n) is 1.46. The Bertz CT molecular complexity index is 240. The van der Waals surface area contributed by atoms with E-state index >= 15 is 0 Å². The van der Waals surface area contributed by atoms with Gasteiger partial charge in [0.15, 0.2) is 0 Å². The summed E-state index contributed by atoms with van der Waals surface area (Å²) in [7, 11) is -1.09. The van der Waals surface area contributed by atoms with Crippen LogP contribution >= 0.6 is 0 Å². The summed E-state index contributed by atoms with van der Waals surface area (Å²) in [5.74, 6) is 0.679. The van der Waals surface area contributed by atoms with E-state index in [9.17, 15) is 8.42 Å². The van der Waals surface area contributed by atoms with Crippen molar-refractivity contribution in [1.82, 2.24) is 5.32 Å². The van der Waals surface area contributed by atoms with Gasteiger partial charge in [-0.1, -0.05) is 13.3 Å². The zero-order chi connectivity index (χ0) is 12.3. The average molecular weight is 251 g/mol. The number of rotatable bonds is 11. The summed E-state index contributed by atoms with van der Waals surface area (Å²) in [5.41, 5.74) is 0. The molecule has 0 aliphatic carbocycles. The number of sulfone groups is 1. The van der Waals surface area contributed by atoms with Crippen LogP contribution in [0.5, 0.6) is 0 Å². The predicted molar refractivity (Wildman–Crippen MR) is 67.5 cm³/mol. The fraction of sp³-hybridized carbons (Fsp3) is 1.00. The highest BCUT2D eigenvalue weighted by molar-refractivity contribution is 7.91. The van der Waals surface area contributed by atoms with E-state index in [0.717, 1.165) is 45.4 Å². The first-order chi connectivity index (χ1) is 7.62. The van der Waals surface area contributed by atoms with Gasteiger partial charge in [0, 0.05) is 19.4 Å². The molecule has 0 saturated heterocycles. The molecule has 98 valence electrons. The van der Waals surface area contributed by atoms with Crippen molar-refractivity contribution >= 4 is 9.84 Å². The highest BCUT2D eigenvalue weighted by atomic mass is 32.2. The molecule has 0 saturated carbocycles. The Kier molecular flexibility index (Phi) is 9.97. The topological polar surface area (TPSA) is 55.4 Å². The standard InChI is InChI=1S/C11H25NO3S/c1-3-10-16(13,14)11-6-4-5-7-12-8-9-15-2/h12H,3-11H2,1-2H3. The Labute approximate surface area is 99.7 Å². The van der Waals surface area contributed by atoms with Crippen LogP contribution in [0.15, 0.2) is 0 Å². The molecule has 0 aromatic heterocycles. The molecular formula is C11H25NO3S. The summed E-state index contributed by atoms with van der Waals surface area (Å²) in [5, 5.41) is 3.23. The minimum absolute atomic E-state index is 0.332. The van der Waals surface area contributed by atoms with Crippen molar-refractivity contribution in [2.24, 2.45) is 0 Å². The largest absolute Gasteiger partial charge is 0.383 e. The van der Waals surface area contributed by atoms with Crippen LogP contribution in [0, 0.1) is 0 Å². The third-order valence-corrected chi connectivity index (χ3v) is 4.25. The molecule has 0 amide bonds. The Morgan fingerprint density at radius 3 is 2.44 bits per heavy atom. The van der Waals surface area contributed by atoms with Crippen LogP contribution in [0.4, 0.5) is 0 Å². The molecule has 0 aliphatic rings. The van der Waals surface area contributed by atoms with Crippen LogP contribution in [0.1, 0.15) is 32.6 Å². The number of nitrogens with one attached hydrogen (secondary N) is 1. The summed E-state index contributed by atoms with van der Waals surface area (Å²) in [4.78, 5) is 0. The van der Waals surface area contributed by atoms with E-state index in [-0.39, 0.29) is 0 Å². The average Bonchev–Trinajstić information content (AvgIpc) is 2.22. The van der Waals surface area contributed by atoms with Crippen LogP contribution in [-0.4, -0.2) is 46.7 Å². The summed E-state index contributed by atoms with van der Waals surface area (Å²) >= 11 is 0. The second kappa shape index (κ2) is 10.1. The molecule has 0 spiro atoms. The molecule has 0 aromatic carbocycles. The number of unbranched alkanes of at least 4 members (excludes halogenated alkanes) is 2. The molecule has 1 N–H and O–H groups in total. The first-order valence-electron chi connectivity index (χ1n) is 6.02. The minimum atomic E-state index is -2.77. The molecule has 0 heterocycles. The van der Waals surface area contributed by atoms with E-state index in [2.05, 4.69) is 5.32 Å². The van der Waals surface area contributed by atoms with Crippen LogP contribution in [0.2, 0.25) is 0 Å². The lowest BCUT2D eigenvalue weighted by Gasteiger charge is -2.04. The van der Waals surface area contributed by atoms with Gasteiger partial charge in [0.1, 0.15) is 9.84 Å². The van der Waals surface area contributed by atoms with E-state index in [1.54, 1.807) is 7.11 Å². The Hall–Kier alpha value is -0.130. The summed E-state index contributed by atoms with van der Waals surface area (Å²) in [6.45, 7) is 4.43. The maximum absolute atomic E-state index is 11.4. The van der Waals surface area contributed by atoms with Crippen LogP contribution in [0.3, 0.4) is 0 Å². The highest BCUT2D eigenvalue weighted by Crippen LogP contribution is 2.01. The smallest absolute Gasteiger partial charge is 0.150 e. The van der Waals surface area contributed by atoms with E-state index < -0.39 is 9.84 Å². The second-order valence-electron chi connectivity index (χ2n) is 3.96. The van der Waals surface area contributed by atoms with Gasteiger partial charge in [-0.2, -0.15) is 0 Å². The second-order valence-corrected chi connectivity index (χ2v) is 6.26. The zero-order valence-corrected chi connectivity index (χ0v) is 11.3. The van der Waals surface area contributed by atoms with E-state index in [4.69, 9.17) is 4.74 Å². The van der Waals surface area contributed by atoms with Crippen LogP contribution in [-0.2, 0) is 14.6 Å². The first-order valence-corrected chi connectivity index (χ1v) is 7.84. The zero-order valence-electron chi connectivity index (χ0n) is 10.5. The van der Waals surface area contributed by atoms with Crippen LogP contribution in [0.25, 0.3) is 0 Å². The maximum Gasteiger partial charge on any atom is 0.150 e. The molecule has 0 atom stereocenters. The number of ether oxygens (including phenoxy) is 1. The van der Waals surface area contributed by atoms with Gasteiger partial charge in [-0.25, -0.2) is 8.42 Å². The van der Waals surface area contributed by atoms with Gasteiger partial charge in [0.2, 0.25) is 0 Å². The van der Waals surface area contributed by atoms with Crippen molar-refractivity contribution in [1.29, 1.82) is 0 Å². The summed E-state index contributed by atoms with van der Waals surface area (Å²) < 4.78 is 27.6. The molecule has 4 nitrogen and oxygen atoms in total. The van der Waals surface area contributed by atoms with Gasteiger partial charge in [0.05, 0.1) is 12.4 Å². The van der Waals surface area contributed by atoms with Crippen molar-refractivity contribution in [2.45, 2.75) is 32.6 Å². The minimum Gasteiger partial charge on any atom is -0.383 e. The van der Waals surface area contributed by atoms with Gasteiger partial charge in [-0.05, 0) is 25.8 Å². The lowest BCUT2D eigenvalue weighted by Crippen LogP contribution is -2.20. The van der Waals surface area contributed by atoms with Gasteiger partial charge >= 0.3 is 0 Å². The van der Waals surface area contributed by atoms with E-state index in [1.807, 2.05) is 6.92 Å². The number of hydrogen-bond donors (Lipinski definition) is 1. The molecule has 0 aromatic rings. The van der Waals surface area contributed by atoms with Crippen molar-refractivity contribution in [3.05, 3.63) is 0 Å². The number of methoxy groups -OCH3 is 1. The normalized spacial score (nSPS) is 11.9. The molecular weight excluding hydrogens is 226 g/mol. The lowest BCUT2D eigenvalue weighted by atomic mass is 10.2. The molecule has 5 heteroatoms. The van der Waals surface area contributed by atoms with Gasteiger partial charge in [0.25, 0.3) is 0 Å². The third-order valence-electron chi connectivity index (χ3n) is 2.31. The van der Waals surface area contributed by atoms with Crippen molar-refractivity contribution in [2.75, 3.05) is 38.3 Å². The molecule has 0 aliphatic heterocycles. The first kappa shape index (κ1) is 15.9. The Morgan fingerprint density at radius 2 is 1.81 bits per heavy atom. The van der Waals surface area contributed by atoms with Crippen molar-refractivity contribution in [3.63, 3.8) is 0 Å². The lowest BCUT2D eigenvalue weighted by molar-refractivity contribution is 0.199. The van der Waals surface area contributed by atoms with Gasteiger partial charge in [-0.15, -0.1) is 0 Å². The summed E-state index contributed by atoms with van der Waals surface area (Å²) in [6.07, 6.45) is 3.52. The molecule has 0 bridgehead atoms. The predicted octanol–water partition coefficient (Wildman–Crippen LogP) is 1.22. The van der Waals surface area contributed by atoms with Gasteiger partial charge in [-0.3, -0.25) is 0 Å². The van der Waals surface area contributed by atoms with Crippen molar-refractivity contribution < 1.29 is 13.2 Å². The molecule has 0 unspecified atom stereocenters. The summed E-state index contributed by atoms with van der Waals surface area (Å²) in [6, 6.07) is 0. The molecule has 16 heavy (non-hydrogen) atoms. The molecule has 0 radical (unpaired) electrons. The highest BCUT2D eigenvalue weighted by Gasteiger charge is 2.07. The van der Waals surface area contributed by atoms with E-state index in [0.29, 0.717) is 11.5 Å². The maximum atomic E-state index is 11.4. The third kappa shape index (κ3) is 10.4. The molecule has 0 rings (SSSR count). The fourth-order valence-corrected chi connectivity index (χ4v) is 2.93. The Morgan fingerprint density at radius 1 is 1.06 bits per heavy atom. The van der Waals surface area contributed by atoms with Crippen molar-refractivity contribution in [3.8, 4) is 0 Å². The van der Waals surface area contributed by atoms with E-state index in [1.165, 1.54) is 0 Å². The SMILES string of the molecule is CCCS(=O)(=O)CCCCCNCCOC.